The Balaban J connectivity index is 1.83. The van der Waals surface area contributed by atoms with Gasteiger partial charge >= 0.3 is 0 Å². The van der Waals surface area contributed by atoms with Crippen LogP contribution in [-0.2, 0) is 13.0 Å². The number of H-pyrrole nitrogens is 1. The molecule has 2 amide bonds. The van der Waals surface area contributed by atoms with Crippen LogP contribution >= 0.6 is 11.3 Å². The zero-order valence-electron chi connectivity index (χ0n) is 11.4. The third-order valence-electron chi connectivity index (χ3n) is 3.43. The van der Waals surface area contributed by atoms with Crippen LogP contribution in [0.4, 0.5) is 5.69 Å². The summed E-state index contributed by atoms with van der Waals surface area (Å²) in [7, 11) is 0. The number of nitrogens with zero attached hydrogens (tertiary/aromatic N) is 1. The number of aromatic nitrogens is 2. The van der Waals surface area contributed by atoms with Crippen LogP contribution in [0.2, 0.25) is 0 Å². The van der Waals surface area contributed by atoms with Crippen LogP contribution in [0, 0.1) is 6.92 Å². The normalized spacial score (nSPS) is 13.8. The number of fused-ring (bicyclic) bond motifs is 1. The van der Waals surface area contributed by atoms with Crippen LogP contribution in [0.5, 0.6) is 0 Å². The predicted molar refractivity (Wildman–Crippen MR) is 79.5 cm³/mol. The fourth-order valence-electron chi connectivity index (χ4n) is 2.34. The Morgan fingerprint density at radius 2 is 2.29 bits per heavy atom. The Bertz CT molecular complexity index is 718. The van der Waals surface area contributed by atoms with E-state index in [2.05, 4.69) is 20.8 Å². The SMILES string of the molecule is Cc1sc(C(N)=O)cc1NC(=O)c1n[nH]c2c1CCNC2. The third-order valence-corrected chi connectivity index (χ3v) is 4.50. The van der Waals surface area contributed by atoms with Crippen molar-refractivity contribution in [2.45, 2.75) is 19.9 Å². The average molecular weight is 305 g/mol. The Kier molecular flexibility index (Phi) is 3.48. The van der Waals surface area contributed by atoms with Crippen molar-refractivity contribution in [3.63, 3.8) is 0 Å². The highest BCUT2D eigenvalue weighted by molar-refractivity contribution is 7.14. The van der Waals surface area contributed by atoms with Gasteiger partial charge in [0.25, 0.3) is 11.8 Å². The summed E-state index contributed by atoms with van der Waals surface area (Å²) in [5, 5.41) is 13.0. The molecule has 8 heteroatoms. The van der Waals surface area contributed by atoms with Crippen molar-refractivity contribution in [3.8, 4) is 0 Å². The molecule has 3 heterocycles. The average Bonchev–Trinajstić information content (AvgIpc) is 3.03. The first-order chi connectivity index (χ1) is 10.1. The van der Waals surface area contributed by atoms with Gasteiger partial charge in [0.2, 0.25) is 0 Å². The van der Waals surface area contributed by atoms with Gasteiger partial charge in [0.1, 0.15) is 0 Å². The first-order valence-corrected chi connectivity index (χ1v) is 7.36. The van der Waals surface area contributed by atoms with Gasteiger partial charge in [-0.2, -0.15) is 5.10 Å². The van der Waals surface area contributed by atoms with E-state index in [0.717, 1.165) is 29.1 Å². The molecule has 0 atom stereocenters. The van der Waals surface area contributed by atoms with Gasteiger partial charge in [-0.15, -0.1) is 11.3 Å². The number of nitrogens with one attached hydrogen (secondary N) is 3. The lowest BCUT2D eigenvalue weighted by Crippen LogP contribution is -2.25. The van der Waals surface area contributed by atoms with Crippen LogP contribution < -0.4 is 16.4 Å². The largest absolute Gasteiger partial charge is 0.365 e. The number of primary amides is 1. The van der Waals surface area contributed by atoms with Crippen LogP contribution in [-0.4, -0.2) is 28.6 Å². The van der Waals surface area contributed by atoms with Crippen molar-refractivity contribution < 1.29 is 9.59 Å². The number of aromatic amines is 1. The molecule has 0 unspecified atom stereocenters. The fraction of sp³-hybridized carbons (Fsp3) is 0.308. The van der Waals surface area contributed by atoms with Gasteiger partial charge in [-0.1, -0.05) is 0 Å². The van der Waals surface area contributed by atoms with Gasteiger partial charge in [0.05, 0.1) is 16.3 Å². The molecule has 1 aliphatic rings. The molecule has 0 aliphatic carbocycles. The summed E-state index contributed by atoms with van der Waals surface area (Å²) in [5.74, 6) is -0.766. The lowest BCUT2D eigenvalue weighted by atomic mass is 10.1. The van der Waals surface area contributed by atoms with Gasteiger partial charge in [0, 0.05) is 17.0 Å². The monoisotopic (exact) mass is 305 g/mol. The number of aryl methyl sites for hydroxylation is 1. The first-order valence-electron chi connectivity index (χ1n) is 6.54. The lowest BCUT2D eigenvalue weighted by Gasteiger charge is -2.12. The molecule has 0 saturated carbocycles. The van der Waals surface area contributed by atoms with E-state index in [4.69, 9.17) is 5.73 Å². The number of carbonyl (C=O) groups is 2. The van der Waals surface area contributed by atoms with Crippen molar-refractivity contribution >= 4 is 28.8 Å². The number of nitrogens with two attached hydrogens (primary N) is 1. The number of rotatable bonds is 3. The van der Waals surface area contributed by atoms with Crippen molar-refractivity contribution in [1.29, 1.82) is 0 Å². The molecule has 1 aliphatic heterocycles. The number of carbonyl (C=O) groups excluding carboxylic acids is 2. The van der Waals surface area contributed by atoms with E-state index >= 15 is 0 Å². The highest BCUT2D eigenvalue weighted by atomic mass is 32.1. The van der Waals surface area contributed by atoms with Gasteiger partial charge in [-0.05, 0) is 26.0 Å². The summed E-state index contributed by atoms with van der Waals surface area (Å²) in [6.07, 6.45) is 0.768. The topological polar surface area (TPSA) is 113 Å². The van der Waals surface area contributed by atoms with Gasteiger partial charge in [-0.3, -0.25) is 14.7 Å². The number of thiophene rings is 1. The second-order valence-electron chi connectivity index (χ2n) is 4.85. The zero-order valence-corrected chi connectivity index (χ0v) is 12.3. The second-order valence-corrected chi connectivity index (χ2v) is 6.11. The van der Waals surface area contributed by atoms with Crippen LogP contribution in [0.1, 0.15) is 36.3 Å². The highest BCUT2D eigenvalue weighted by Gasteiger charge is 2.22. The fourth-order valence-corrected chi connectivity index (χ4v) is 3.17. The zero-order chi connectivity index (χ0) is 15.0. The second kappa shape index (κ2) is 5.30. The van der Waals surface area contributed by atoms with Crippen molar-refractivity contribution in [2.75, 3.05) is 11.9 Å². The molecule has 0 saturated heterocycles. The highest BCUT2D eigenvalue weighted by Crippen LogP contribution is 2.27. The smallest absolute Gasteiger partial charge is 0.276 e. The minimum atomic E-state index is -0.494. The van der Waals surface area contributed by atoms with Crippen molar-refractivity contribution in [3.05, 3.63) is 32.8 Å². The predicted octanol–water partition coefficient (Wildman–Crippen LogP) is 0.777. The van der Waals surface area contributed by atoms with Crippen molar-refractivity contribution in [1.82, 2.24) is 15.5 Å². The van der Waals surface area contributed by atoms with E-state index in [1.54, 1.807) is 6.07 Å². The minimum Gasteiger partial charge on any atom is -0.365 e. The molecule has 0 spiro atoms. The first kappa shape index (κ1) is 13.8. The summed E-state index contributed by atoms with van der Waals surface area (Å²) in [4.78, 5) is 24.8. The van der Waals surface area contributed by atoms with E-state index in [1.165, 1.54) is 11.3 Å². The van der Waals surface area contributed by atoms with E-state index in [9.17, 15) is 9.59 Å². The molecule has 0 radical (unpaired) electrons. The Hall–Kier alpha value is -2.19. The molecular formula is C13H15N5O2S. The molecule has 3 rings (SSSR count). The molecule has 21 heavy (non-hydrogen) atoms. The molecule has 2 aromatic heterocycles. The standard InChI is InChI=1S/C13H15N5O2S/c1-6-8(4-10(21-6)12(14)19)16-13(20)11-7-2-3-15-5-9(7)17-18-11/h4,15H,2-3,5H2,1H3,(H2,14,19)(H,16,20)(H,17,18). The van der Waals surface area contributed by atoms with Crippen LogP contribution in [0.25, 0.3) is 0 Å². The van der Waals surface area contributed by atoms with Crippen LogP contribution in [0.3, 0.4) is 0 Å². The number of amides is 2. The summed E-state index contributed by atoms with van der Waals surface area (Å²) in [6, 6.07) is 1.60. The molecule has 0 bridgehead atoms. The quantitative estimate of drug-likeness (QED) is 0.671. The van der Waals surface area contributed by atoms with E-state index in [-0.39, 0.29) is 5.91 Å². The van der Waals surface area contributed by atoms with E-state index in [1.807, 2.05) is 6.92 Å². The molecule has 7 nitrogen and oxygen atoms in total. The third kappa shape index (κ3) is 2.55. The number of hydrogen-bond acceptors (Lipinski definition) is 5. The number of hydrogen-bond donors (Lipinski definition) is 4. The molecule has 5 N–H and O–H groups in total. The molecule has 110 valence electrons. The number of anilines is 1. The van der Waals surface area contributed by atoms with Crippen LogP contribution in [0.15, 0.2) is 6.07 Å². The summed E-state index contributed by atoms with van der Waals surface area (Å²) >= 11 is 1.26. The summed E-state index contributed by atoms with van der Waals surface area (Å²) < 4.78 is 0. The summed E-state index contributed by atoms with van der Waals surface area (Å²) in [5.41, 5.74) is 8.17. The van der Waals surface area contributed by atoms with Crippen molar-refractivity contribution in [2.24, 2.45) is 5.73 Å². The summed E-state index contributed by atoms with van der Waals surface area (Å²) in [6.45, 7) is 3.35. The molecule has 0 aromatic carbocycles. The maximum Gasteiger partial charge on any atom is 0.276 e. The van der Waals surface area contributed by atoms with Gasteiger partial charge < -0.3 is 16.4 Å². The van der Waals surface area contributed by atoms with Gasteiger partial charge in [-0.25, -0.2) is 0 Å². The Morgan fingerprint density at radius 3 is 3.00 bits per heavy atom. The Morgan fingerprint density at radius 1 is 1.48 bits per heavy atom. The molecule has 0 fully saturated rings. The molecule has 2 aromatic rings. The Labute approximate surface area is 124 Å². The maximum absolute atomic E-state index is 12.4. The van der Waals surface area contributed by atoms with Gasteiger partial charge in [0.15, 0.2) is 5.69 Å². The maximum atomic E-state index is 12.4. The molecular weight excluding hydrogens is 290 g/mol. The lowest BCUT2D eigenvalue weighted by molar-refractivity contribution is 0.0998. The van der Waals surface area contributed by atoms with E-state index < -0.39 is 5.91 Å². The van der Waals surface area contributed by atoms with E-state index in [0.29, 0.717) is 22.8 Å². The minimum absolute atomic E-state index is 0.272.